The van der Waals surface area contributed by atoms with Crippen molar-refractivity contribution in [2.75, 3.05) is 6.54 Å². The summed E-state index contributed by atoms with van der Waals surface area (Å²) in [6.07, 6.45) is -0.893. The maximum Gasteiger partial charge on any atom is 0.270 e. The molecule has 0 spiro atoms. The van der Waals surface area contributed by atoms with Gasteiger partial charge in [-0.15, -0.1) is 0 Å². The van der Waals surface area contributed by atoms with Crippen molar-refractivity contribution in [1.82, 2.24) is 5.32 Å². The standard InChI is InChI=1S/C16H15ClN2O4/c1-10-2-7-13(19(22)23)8-14(10)16(21)18-9-15(20)11-3-5-12(17)6-4-11/h2-8,15,20H,9H2,1H3,(H,18,21)/t15-/m1/s1. The fraction of sp³-hybridized carbons (Fsp3) is 0.188. The zero-order valence-electron chi connectivity index (χ0n) is 12.3. The molecule has 0 fully saturated rings. The Labute approximate surface area is 137 Å². The average molecular weight is 335 g/mol. The third-order valence-corrected chi connectivity index (χ3v) is 3.64. The van der Waals surface area contributed by atoms with Crippen LogP contribution in [0.4, 0.5) is 5.69 Å². The second-order valence-corrected chi connectivity index (χ2v) is 5.47. The summed E-state index contributed by atoms with van der Waals surface area (Å²) in [6, 6.07) is 10.7. The Morgan fingerprint density at radius 2 is 1.96 bits per heavy atom. The molecule has 0 aliphatic rings. The van der Waals surface area contributed by atoms with Crippen molar-refractivity contribution in [3.8, 4) is 0 Å². The first kappa shape index (κ1) is 16.9. The number of aliphatic hydroxyl groups excluding tert-OH is 1. The minimum Gasteiger partial charge on any atom is -0.387 e. The van der Waals surface area contributed by atoms with Gasteiger partial charge in [0, 0.05) is 29.3 Å². The molecule has 0 saturated carbocycles. The van der Waals surface area contributed by atoms with Crippen molar-refractivity contribution < 1.29 is 14.8 Å². The van der Waals surface area contributed by atoms with Crippen LogP contribution in [0.15, 0.2) is 42.5 Å². The van der Waals surface area contributed by atoms with Crippen molar-refractivity contribution in [3.63, 3.8) is 0 Å². The SMILES string of the molecule is Cc1ccc([N+](=O)[O-])cc1C(=O)NC[C@@H](O)c1ccc(Cl)cc1. The number of rotatable bonds is 5. The number of aryl methyl sites for hydroxylation is 1. The van der Waals surface area contributed by atoms with Crippen LogP contribution in [0.5, 0.6) is 0 Å². The smallest absolute Gasteiger partial charge is 0.270 e. The zero-order chi connectivity index (χ0) is 17.0. The first-order valence-corrected chi connectivity index (χ1v) is 7.23. The molecule has 0 aliphatic carbocycles. The quantitative estimate of drug-likeness (QED) is 0.649. The van der Waals surface area contributed by atoms with Crippen LogP contribution in [0, 0.1) is 17.0 Å². The van der Waals surface area contributed by atoms with E-state index in [0.29, 0.717) is 16.1 Å². The van der Waals surface area contributed by atoms with E-state index in [0.717, 1.165) is 0 Å². The van der Waals surface area contributed by atoms with Gasteiger partial charge in [0.15, 0.2) is 0 Å². The van der Waals surface area contributed by atoms with Gasteiger partial charge in [0.2, 0.25) is 0 Å². The number of nitro benzene ring substituents is 1. The average Bonchev–Trinajstić information content (AvgIpc) is 2.53. The van der Waals surface area contributed by atoms with E-state index < -0.39 is 16.9 Å². The highest BCUT2D eigenvalue weighted by molar-refractivity contribution is 6.30. The summed E-state index contributed by atoms with van der Waals surface area (Å²) in [5.41, 5.74) is 1.29. The van der Waals surface area contributed by atoms with E-state index in [-0.39, 0.29) is 17.8 Å². The van der Waals surface area contributed by atoms with Gasteiger partial charge >= 0.3 is 0 Å². The molecule has 0 radical (unpaired) electrons. The van der Waals surface area contributed by atoms with Crippen LogP contribution in [0.2, 0.25) is 5.02 Å². The molecule has 23 heavy (non-hydrogen) atoms. The molecule has 6 nitrogen and oxygen atoms in total. The Morgan fingerprint density at radius 3 is 2.57 bits per heavy atom. The molecular formula is C16H15ClN2O4. The number of non-ortho nitro benzene ring substituents is 1. The number of hydrogen-bond donors (Lipinski definition) is 2. The molecule has 0 saturated heterocycles. The molecule has 1 atom stereocenters. The summed E-state index contributed by atoms with van der Waals surface area (Å²) in [4.78, 5) is 22.4. The molecule has 0 heterocycles. The van der Waals surface area contributed by atoms with Crippen LogP contribution in [0.1, 0.15) is 27.6 Å². The number of carbonyl (C=O) groups excluding carboxylic acids is 1. The number of benzene rings is 2. The van der Waals surface area contributed by atoms with Gasteiger partial charge in [0.1, 0.15) is 0 Å². The van der Waals surface area contributed by atoms with Crippen molar-refractivity contribution in [2.45, 2.75) is 13.0 Å². The molecule has 120 valence electrons. The third-order valence-electron chi connectivity index (χ3n) is 3.39. The largest absolute Gasteiger partial charge is 0.387 e. The van der Waals surface area contributed by atoms with Crippen LogP contribution in [-0.2, 0) is 0 Å². The second-order valence-electron chi connectivity index (χ2n) is 5.03. The van der Waals surface area contributed by atoms with E-state index in [1.807, 2.05) is 0 Å². The molecule has 2 rings (SSSR count). The topological polar surface area (TPSA) is 92.5 Å². The summed E-state index contributed by atoms with van der Waals surface area (Å²) in [6.45, 7) is 1.68. The lowest BCUT2D eigenvalue weighted by Gasteiger charge is -2.13. The lowest BCUT2D eigenvalue weighted by atomic mass is 10.1. The zero-order valence-corrected chi connectivity index (χ0v) is 13.1. The van der Waals surface area contributed by atoms with Crippen molar-refractivity contribution in [1.29, 1.82) is 0 Å². The Morgan fingerprint density at radius 1 is 1.30 bits per heavy atom. The van der Waals surface area contributed by atoms with Gasteiger partial charge in [-0.1, -0.05) is 29.8 Å². The normalized spacial score (nSPS) is 11.8. The summed E-state index contributed by atoms with van der Waals surface area (Å²) < 4.78 is 0. The van der Waals surface area contributed by atoms with Gasteiger partial charge < -0.3 is 10.4 Å². The van der Waals surface area contributed by atoms with E-state index in [2.05, 4.69) is 5.32 Å². The van der Waals surface area contributed by atoms with Gasteiger partial charge in [-0.2, -0.15) is 0 Å². The number of aliphatic hydroxyl groups is 1. The third kappa shape index (κ3) is 4.28. The fourth-order valence-electron chi connectivity index (χ4n) is 2.06. The monoisotopic (exact) mass is 334 g/mol. The van der Waals surface area contributed by atoms with Crippen LogP contribution in [0.3, 0.4) is 0 Å². The summed E-state index contributed by atoms with van der Waals surface area (Å²) in [5.74, 6) is -0.473. The summed E-state index contributed by atoms with van der Waals surface area (Å²) >= 11 is 5.78. The minimum atomic E-state index is -0.893. The van der Waals surface area contributed by atoms with Gasteiger partial charge in [0.05, 0.1) is 11.0 Å². The van der Waals surface area contributed by atoms with Gasteiger partial charge in [-0.05, 0) is 30.2 Å². The molecule has 2 N–H and O–H groups in total. The maximum absolute atomic E-state index is 12.2. The number of nitrogens with zero attached hydrogens (tertiary/aromatic N) is 1. The van der Waals surface area contributed by atoms with Crippen molar-refractivity contribution in [2.24, 2.45) is 0 Å². The summed E-state index contributed by atoms with van der Waals surface area (Å²) in [5, 5.41) is 24.0. The van der Waals surface area contributed by atoms with Crippen LogP contribution in [0.25, 0.3) is 0 Å². The van der Waals surface area contributed by atoms with Crippen molar-refractivity contribution in [3.05, 3.63) is 74.3 Å². The van der Waals surface area contributed by atoms with Crippen molar-refractivity contribution >= 4 is 23.2 Å². The lowest BCUT2D eigenvalue weighted by molar-refractivity contribution is -0.384. The van der Waals surface area contributed by atoms with E-state index in [1.165, 1.54) is 18.2 Å². The molecule has 0 bridgehead atoms. The molecular weight excluding hydrogens is 320 g/mol. The second kappa shape index (κ2) is 7.21. The molecule has 2 aromatic rings. The lowest BCUT2D eigenvalue weighted by Crippen LogP contribution is -2.29. The van der Waals surface area contributed by atoms with Gasteiger partial charge in [-0.25, -0.2) is 0 Å². The predicted molar refractivity (Wildman–Crippen MR) is 86.6 cm³/mol. The fourth-order valence-corrected chi connectivity index (χ4v) is 2.18. The van der Waals surface area contributed by atoms with Gasteiger partial charge in [0.25, 0.3) is 11.6 Å². The highest BCUT2D eigenvalue weighted by atomic mass is 35.5. The highest BCUT2D eigenvalue weighted by Crippen LogP contribution is 2.18. The van der Waals surface area contributed by atoms with Crippen LogP contribution < -0.4 is 5.32 Å². The Bertz CT molecular complexity index is 731. The first-order chi connectivity index (χ1) is 10.9. The van der Waals surface area contributed by atoms with E-state index in [4.69, 9.17) is 11.6 Å². The molecule has 2 aromatic carbocycles. The molecule has 7 heteroatoms. The Balaban J connectivity index is 2.06. The number of amides is 1. The molecule has 1 amide bonds. The molecule has 0 aromatic heterocycles. The Kier molecular flexibility index (Phi) is 5.31. The Hall–Kier alpha value is -2.44. The number of carbonyl (C=O) groups is 1. The molecule has 0 aliphatic heterocycles. The number of nitrogens with one attached hydrogen (secondary N) is 1. The van der Waals surface area contributed by atoms with Gasteiger partial charge in [-0.3, -0.25) is 14.9 Å². The molecule has 0 unspecified atom stereocenters. The van der Waals surface area contributed by atoms with E-state index >= 15 is 0 Å². The number of nitro groups is 1. The predicted octanol–water partition coefficient (Wildman–Crippen LogP) is 3.02. The van der Waals surface area contributed by atoms with E-state index in [9.17, 15) is 20.0 Å². The maximum atomic E-state index is 12.2. The first-order valence-electron chi connectivity index (χ1n) is 6.85. The number of hydrogen-bond acceptors (Lipinski definition) is 4. The number of halogens is 1. The minimum absolute atomic E-state index is 0.0113. The van der Waals surface area contributed by atoms with E-state index in [1.54, 1.807) is 31.2 Å². The highest BCUT2D eigenvalue weighted by Gasteiger charge is 2.16. The van der Waals surface area contributed by atoms with Crippen LogP contribution in [-0.4, -0.2) is 22.5 Å². The van der Waals surface area contributed by atoms with Crippen LogP contribution >= 0.6 is 11.6 Å². The summed E-state index contributed by atoms with van der Waals surface area (Å²) in [7, 11) is 0.